The zero-order valence-corrected chi connectivity index (χ0v) is 17.7. The SMILES string of the molecule is CC[C@@](C)(COc1ncccc1Cl)NC(=O)CCc1nc2c([nH]1)c(=O)[nH]c(=O)n2C. The van der Waals surface area contributed by atoms with Gasteiger partial charge in [0.25, 0.3) is 5.56 Å². The molecule has 0 radical (unpaired) electrons. The number of pyridine rings is 1. The second kappa shape index (κ2) is 8.70. The Hall–Kier alpha value is -3.14. The first kappa shape index (κ1) is 21.6. The van der Waals surface area contributed by atoms with Crippen LogP contribution < -0.4 is 21.3 Å². The van der Waals surface area contributed by atoms with Gasteiger partial charge >= 0.3 is 5.69 Å². The number of amides is 1. The van der Waals surface area contributed by atoms with Crippen molar-refractivity contribution in [1.29, 1.82) is 0 Å². The van der Waals surface area contributed by atoms with Gasteiger partial charge in [0.1, 0.15) is 23.0 Å². The van der Waals surface area contributed by atoms with E-state index in [2.05, 4.69) is 25.3 Å². The van der Waals surface area contributed by atoms with Gasteiger partial charge in [0, 0.05) is 26.1 Å². The first-order valence-corrected chi connectivity index (χ1v) is 9.82. The predicted octanol–water partition coefficient (Wildman–Crippen LogP) is 1.29. The third-order valence-electron chi connectivity index (χ3n) is 4.87. The number of hydrogen-bond acceptors (Lipinski definition) is 6. The second-order valence-electron chi connectivity index (χ2n) is 7.24. The molecule has 3 heterocycles. The van der Waals surface area contributed by atoms with Crippen LogP contribution in [0, 0.1) is 0 Å². The standard InChI is InChI=1S/C19H23ClN6O4/c1-4-19(2,10-30-17-11(20)6-5-9-21-17)25-13(27)8-7-12-22-14-15(23-12)26(3)18(29)24-16(14)28/h5-6,9H,4,7-8,10H2,1-3H3,(H,22,23)(H,25,27)(H,24,28,29)/t19-/m0/s1. The minimum absolute atomic E-state index is 0.144. The quantitative estimate of drug-likeness (QED) is 0.489. The molecule has 0 aliphatic rings. The third kappa shape index (κ3) is 4.70. The molecule has 3 aromatic heterocycles. The summed E-state index contributed by atoms with van der Waals surface area (Å²) in [4.78, 5) is 49.5. The number of aromatic amines is 2. The monoisotopic (exact) mass is 434 g/mol. The molecule has 160 valence electrons. The first-order valence-electron chi connectivity index (χ1n) is 9.44. The van der Waals surface area contributed by atoms with Crippen molar-refractivity contribution >= 4 is 28.7 Å². The fourth-order valence-electron chi connectivity index (χ4n) is 2.83. The van der Waals surface area contributed by atoms with Crippen molar-refractivity contribution in [3.8, 4) is 5.88 Å². The van der Waals surface area contributed by atoms with E-state index in [1.165, 1.54) is 11.6 Å². The molecule has 30 heavy (non-hydrogen) atoms. The molecule has 3 aromatic rings. The van der Waals surface area contributed by atoms with Crippen LogP contribution in [0.5, 0.6) is 5.88 Å². The summed E-state index contributed by atoms with van der Waals surface area (Å²) in [7, 11) is 1.51. The fourth-order valence-corrected chi connectivity index (χ4v) is 3.01. The van der Waals surface area contributed by atoms with Gasteiger partial charge in [-0.1, -0.05) is 18.5 Å². The van der Waals surface area contributed by atoms with Crippen LogP contribution >= 0.6 is 11.6 Å². The number of fused-ring (bicyclic) bond motifs is 1. The molecule has 3 rings (SSSR count). The lowest BCUT2D eigenvalue weighted by atomic mass is 10.00. The summed E-state index contributed by atoms with van der Waals surface area (Å²) < 4.78 is 6.93. The van der Waals surface area contributed by atoms with Gasteiger partial charge in [-0.2, -0.15) is 0 Å². The van der Waals surface area contributed by atoms with E-state index in [0.29, 0.717) is 23.1 Å². The Kier molecular flexibility index (Phi) is 6.25. The van der Waals surface area contributed by atoms with E-state index in [0.717, 1.165) is 0 Å². The minimum atomic E-state index is -0.618. The Morgan fingerprint density at radius 2 is 2.13 bits per heavy atom. The molecule has 0 bridgehead atoms. The van der Waals surface area contributed by atoms with Crippen molar-refractivity contribution in [2.24, 2.45) is 7.05 Å². The molecule has 10 nitrogen and oxygen atoms in total. The smallest absolute Gasteiger partial charge is 0.329 e. The van der Waals surface area contributed by atoms with E-state index in [9.17, 15) is 14.4 Å². The molecule has 0 aromatic carbocycles. The number of nitrogens with one attached hydrogen (secondary N) is 3. The molecular weight excluding hydrogens is 412 g/mol. The normalized spacial score (nSPS) is 13.2. The number of halogens is 1. The predicted molar refractivity (Wildman–Crippen MR) is 112 cm³/mol. The number of hydrogen-bond donors (Lipinski definition) is 3. The molecule has 1 amide bonds. The van der Waals surface area contributed by atoms with Gasteiger partial charge in [0.2, 0.25) is 11.8 Å². The number of ether oxygens (including phenoxy) is 1. The topological polar surface area (TPSA) is 135 Å². The van der Waals surface area contributed by atoms with Crippen molar-refractivity contribution in [3.05, 3.63) is 50.0 Å². The summed E-state index contributed by atoms with van der Waals surface area (Å²) in [6.45, 7) is 4.02. The Balaban J connectivity index is 1.62. The van der Waals surface area contributed by atoms with Gasteiger partial charge in [0.05, 0.1) is 5.54 Å². The summed E-state index contributed by atoms with van der Waals surface area (Å²) in [6.07, 6.45) is 2.63. The summed E-state index contributed by atoms with van der Waals surface area (Å²) in [6, 6.07) is 3.39. The molecule has 0 aliphatic heterocycles. The van der Waals surface area contributed by atoms with Crippen molar-refractivity contribution in [2.75, 3.05) is 6.61 Å². The van der Waals surface area contributed by atoms with Crippen LogP contribution in [0.25, 0.3) is 11.2 Å². The summed E-state index contributed by atoms with van der Waals surface area (Å²) in [5.74, 6) is 0.561. The maximum absolute atomic E-state index is 12.5. The number of carbonyl (C=O) groups is 1. The van der Waals surface area contributed by atoms with Crippen molar-refractivity contribution in [3.63, 3.8) is 0 Å². The maximum Gasteiger partial charge on any atom is 0.329 e. The zero-order chi connectivity index (χ0) is 21.9. The number of H-pyrrole nitrogens is 2. The van der Waals surface area contributed by atoms with Crippen LogP contribution in [-0.4, -0.2) is 42.6 Å². The van der Waals surface area contributed by atoms with E-state index in [1.807, 2.05) is 13.8 Å². The molecule has 0 saturated carbocycles. The van der Waals surface area contributed by atoms with Crippen molar-refractivity contribution in [2.45, 2.75) is 38.6 Å². The Labute approximate surface area is 176 Å². The van der Waals surface area contributed by atoms with Gasteiger partial charge in [0.15, 0.2) is 5.65 Å². The van der Waals surface area contributed by atoms with Crippen LogP contribution in [-0.2, 0) is 18.3 Å². The summed E-state index contributed by atoms with van der Waals surface area (Å²) in [5.41, 5.74) is -1.26. The molecule has 0 saturated heterocycles. The number of rotatable bonds is 8. The Morgan fingerprint density at radius 3 is 2.83 bits per heavy atom. The number of carbonyl (C=O) groups excluding carboxylic acids is 1. The number of aryl methyl sites for hydroxylation is 2. The first-order chi connectivity index (χ1) is 14.2. The fraction of sp³-hybridized carbons (Fsp3) is 0.421. The van der Waals surface area contributed by atoms with Gasteiger partial charge in [-0.25, -0.2) is 14.8 Å². The molecule has 0 unspecified atom stereocenters. The number of imidazole rings is 1. The van der Waals surface area contributed by atoms with Crippen LogP contribution in [0.2, 0.25) is 5.02 Å². The Morgan fingerprint density at radius 1 is 1.37 bits per heavy atom. The lowest BCUT2D eigenvalue weighted by molar-refractivity contribution is -0.123. The Bertz CT molecular complexity index is 1180. The van der Waals surface area contributed by atoms with E-state index >= 15 is 0 Å². The molecular formula is C19H23ClN6O4. The second-order valence-corrected chi connectivity index (χ2v) is 7.65. The average molecular weight is 435 g/mol. The molecule has 0 fully saturated rings. The number of aromatic nitrogens is 5. The van der Waals surface area contributed by atoms with Gasteiger partial charge in [-0.05, 0) is 25.5 Å². The average Bonchev–Trinajstić information content (AvgIpc) is 3.15. The highest BCUT2D eigenvalue weighted by Gasteiger charge is 2.26. The highest BCUT2D eigenvalue weighted by Crippen LogP contribution is 2.22. The highest BCUT2D eigenvalue weighted by atomic mass is 35.5. The maximum atomic E-state index is 12.5. The summed E-state index contributed by atoms with van der Waals surface area (Å²) >= 11 is 6.05. The molecule has 0 spiro atoms. The van der Waals surface area contributed by atoms with Crippen molar-refractivity contribution < 1.29 is 9.53 Å². The molecule has 11 heteroatoms. The molecule has 3 N–H and O–H groups in total. The lowest BCUT2D eigenvalue weighted by Gasteiger charge is -2.29. The van der Waals surface area contributed by atoms with E-state index in [4.69, 9.17) is 16.3 Å². The van der Waals surface area contributed by atoms with E-state index in [-0.39, 0.29) is 36.5 Å². The van der Waals surface area contributed by atoms with Gasteiger partial charge in [-0.15, -0.1) is 0 Å². The van der Waals surface area contributed by atoms with Crippen LogP contribution in [0.4, 0.5) is 0 Å². The van der Waals surface area contributed by atoms with E-state index in [1.54, 1.807) is 18.3 Å². The highest BCUT2D eigenvalue weighted by molar-refractivity contribution is 6.31. The van der Waals surface area contributed by atoms with Crippen LogP contribution in [0.3, 0.4) is 0 Å². The molecule has 0 aliphatic carbocycles. The van der Waals surface area contributed by atoms with Crippen LogP contribution in [0.15, 0.2) is 27.9 Å². The van der Waals surface area contributed by atoms with E-state index < -0.39 is 16.8 Å². The van der Waals surface area contributed by atoms with Gasteiger partial charge < -0.3 is 15.0 Å². The van der Waals surface area contributed by atoms with Crippen LogP contribution in [0.1, 0.15) is 32.5 Å². The van der Waals surface area contributed by atoms with Gasteiger partial charge in [-0.3, -0.25) is 19.1 Å². The minimum Gasteiger partial charge on any atom is -0.474 e. The lowest BCUT2D eigenvalue weighted by Crippen LogP contribution is -2.50. The largest absolute Gasteiger partial charge is 0.474 e. The molecule has 1 atom stereocenters. The zero-order valence-electron chi connectivity index (χ0n) is 16.9. The van der Waals surface area contributed by atoms with Crippen molar-refractivity contribution in [1.82, 2.24) is 29.8 Å². The summed E-state index contributed by atoms with van der Waals surface area (Å²) in [5, 5.41) is 3.37. The third-order valence-corrected chi connectivity index (χ3v) is 5.15. The number of nitrogens with zero attached hydrogens (tertiary/aromatic N) is 3.